The Morgan fingerprint density at radius 3 is 2.74 bits per heavy atom. The topological polar surface area (TPSA) is 64.4 Å². The number of benzene rings is 1. The summed E-state index contributed by atoms with van der Waals surface area (Å²) in [5.41, 5.74) is 5.26. The quantitative estimate of drug-likeness (QED) is 0.633. The number of carbonyl (C=O) groups excluding carboxylic acids is 1. The molecule has 2 aromatic heterocycles. The van der Waals surface area contributed by atoms with Gasteiger partial charge in [-0.3, -0.25) is 9.78 Å². The summed E-state index contributed by atoms with van der Waals surface area (Å²) in [6.45, 7) is 10.4. The molecule has 3 aromatic rings. The number of aromatic nitrogens is 1. The van der Waals surface area contributed by atoms with Gasteiger partial charge in [0.1, 0.15) is 17.1 Å². The van der Waals surface area contributed by atoms with Crippen LogP contribution in [0.15, 0.2) is 41.1 Å². The lowest BCUT2D eigenvalue weighted by Crippen LogP contribution is -2.09. The van der Waals surface area contributed by atoms with Gasteiger partial charge in [0, 0.05) is 28.8 Å². The molecule has 2 heterocycles. The average molecular weight is 364 g/mol. The number of anilines is 1. The maximum atomic E-state index is 12.4. The van der Waals surface area contributed by atoms with Crippen LogP contribution in [0.5, 0.6) is 5.75 Å². The Labute approximate surface area is 159 Å². The van der Waals surface area contributed by atoms with Gasteiger partial charge in [-0.05, 0) is 64.0 Å². The highest BCUT2D eigenvalue weighted by Gasteiger charge is 2.18. The number of amides is 1. The second-order valence-electron chi connectivity index (χ2n) is 6.53. The van der Waals surface area contributed by atoms with Gasteiger partial charge in [-0.25, -0.2) is 0 Å². The highest BCUT2D eigenvalue weighted by Crippen LogP contribution is 2.38. The first kappa shape index (κ1) is 18.7. The van der Waals surface area contributed by atoms with E-state index >= 15 is 0 Å². The number of nitrogens with zero attached hydrogens (tertiary/aromatic N) is 1. The van der Waals surface area contributed by atoms with E-state index in [9.17, 15) is 4.79 Å². The summed E-state index contributed by atoms with van der Waals surface area (Å²) in [5, 5.41) is 3.87. The van der Waals surface area contributed by atoms with Crippen LogP contribution in [0.3, 0.4) is 0 Å². The Bertz CT molecular complexity index is 1020. The molecule has 0 aliphatic heterocycles. The van der Waals surface area contributed by atoms with E-state index in [0.717, 1.165) is 44.7 Å². The van der Waals surface area contributed by atoms with Crippen molar-refractivity contribution in [1.82, 2.24) is 4.98 Å². The van der Waals surface area contributed by atoms with Crippen molar-refractivity contribution in [3.05, 3.63) is 59.1 Å². The molecule has 1 aromatic carbocycles. The number of allylic oxidation sites excluding steroid dienone is 1. The molecule has 0 aliphatic rings. The summed E-state index contributed by atoms with van der Waals surface area (Å²) in [6.07, 6.45) is 4.86. The van der Waals surface area contributed by atoms with Crippen molar-refractivity contribution in [1.29, 1.82) is 0 Å². The molecule has 3 rings (SSSR count). The average Bonchev–Trinajstić information content (AvgIpc) is 2.93. The number of furan rings is 1. The third-order valence-corrected chi connectivity index (χ3v) is 4.64. The minimum absolute atomic E-state index is 0.208. The van der Waals surface area contributed by atoms with Gasteiger partial charge < -0.3 is 14.5 Å². The third-order valence-electron chi connectivity index (χ3n) is 4.64. The highest BCUT2D eigenvalue weighted by atomic mass is 16.5. The van der Waals surface area contributed by atoms with Crippen molar-refractivity contribution < 1.29 is 13.9 Å². The standard InChI is InChI=1S/C22H24N2O3/c1-6-26-21-15(4)22-19(14(3)16(5)27-22)11-18(21)13(2)10-20(25)24-17-8-7-9-23-12-17/h7-12H,6H2,1-5H3,(H,24,25)/b13-10+. The van der Waals surface area contributed by atoms with Crippen LogP contribution in [0.1, 0.15) is 36.3 Å². The van der Waals surface area contributed by atoms with Gasteiger partial charge in [0.2, 0.25) is 5.91 Å². The lowest BCUT2D eigenvalue weighted by molar-refractivity contribution is -0.111. The summed E-state index contributed by atoms with van der Waals surface area (Å²) in [5.74, 6) is 1.44. The molecular formula is C22H24N2O3. The van der Waals surface area contributed by atoms with Crippen LogP contribution >= 0.6 is 0 Å². The summed E-state index contributed by atoms with van der Waals surface area (Å²) in [7, 11) is 0. The largest absolute Gasteiger partial charge is 0.493 e. The van der Waals surface area contributed by atoms with E-state index in [1.54, 1.807) is 30.6 Å². The molecule has 1 N–H and O–H groups in total. The van der Waals surface area contributed by atoms with Gasteiger partial charge >= 0.3 is 0 Å². The molecule has 27 heavy (non-hydrogen) atoms. The van der Waals surface area contributed by atoms with E-state index in [2.05, 4.69) is 10.3 Å². The predicted octanol–water partition coefficient (Wildman–Crippen LogP) is 5.19. The van der Waals surface area contributed by atoms with E-state index in [1.165, 1.54) is 0 Å². The molecule has 0 bridgehead atoms. The third kappa shape index (κ3) is 3.72. The zero-order valence-electron chi connectivity index (χ0n) is 16.3. The Kier molecular flexibility index (Phi) is 5.31. The maximum absolute atomic E-state index is 12.4. The van der Waals surface area contributed by atoms with E-state index < -0.39 is 0 Å². The second-order valence-corrected chi connectivity index (χ2v) is 6.53. The van der Waals surface area contributed by atoms with Crippen LogP contribution in [0, 0.1) is 20.8 Å². The van der Waals surface area contributed by atoms with E-state index in [1.807, 2.05) is 40.7 Å². The monoisotopic (exact) mass is 364 g/mol. The molecule has 0 unspecified atom stereocenters. The molecule has 0 saturated carbocycles. The molecule has 0 atom stereocenters. The van der Waals surface area contributed by atoms with Crippen molar-refractivity contribution in [3.8, 4) is 5.75 Å². The number of aryl methyl sites for hydroxylation is 3. The minimum Gasteiger partial charge on any atom is -0.493 e. The van der Waals surface area contributed by atoms with Crippen molar-refractivity contribution in [2.75, 3.05) is 11.9 Å². The fraction of sp³-hybridized carbons (Fsp3) is 0.273. The van der Waals surface area contributed by atoms with Crippen LogP contribution < -0.4 is 10.1 Å². The molecule has 0 saturated heterocycles. The van der Waals surface area contributed by atoms with E-state index in [-0.39, 0.29) is 5.91 Å². The van der Waals surface area contributed by atoms with Gasteiger partial charge in [0.05, 0.1) is 18.5 Å². The number of nitrogens with one attached hydrogen (secondary N) is 1. The van der Waals surface area contributed by atoms with Crippen molar-refractivity contribution in [3.63, 3.8) is 0 Å². The zero-order chi connectivity index (χ0) is 19.6. The first-order valence-electron chi connectivity index (χ1n) is 8.98. The summed E-state index contributed by atoms with van der Waals surface area (Å²) in [6, 6.07) is 5.62. The SMILES string of the molecule is CCOc1c(/C(C)=C/C(=O)Nc2cccnc2)cc2c(C)c(C)oc2c1C. The number of carbonyl (C=O) groups is 1. The predicted molar refractivity (Wildman–Crippen MR) is 108 cm³/mol. The lowest BCUT2D eigenvalue weighted by Gasteiger charge is -2.14. The smallest absolute Gasteiger partial charge is 0.248 e. The highest BCUT2D eigenvalue weighted by molar-refractivity contribution is 6.05. The Balaban J connectivity index is 2.04. The lowest BCUT2D eigenvalue weighted by atomic mass is 9.98. The van der Waals surface area contributed by atoms with Gasteiger partial charge in [-0.1, -0.05) is 0 Å². The van der Waals surface area contributed by atoms with E-state index in [4.69, 9.17) is 9.15 Å². The van der Waals surface area contributed by atoms with E-state index in [0.29, 0.717) is 12.3 Å². The van der Waals surface area contributed by atoms with Crippen LogP contribution in [0.25, 0.3) is 16.5 Å². The zero-order valence-corrected chi connectivity index (χ0v) is 16.3. The molecule has 5 nitrogen and oxygen atoms in total. The number of ether oxygens (including phenoxy) is 1. The fourth-order valence-corrected chi connectivity index (χ4v) is 3.12. The fourth-order valence-electron chi connectivity index (χ4n) is 3.12. The van der Waals surface area contributed by atoms with Crippen LogP contribution in [0.4, 0.5) is 5.69 Å². The van der Waals surface area contributed by atoms with Gasteiger partial charge in [0.25, 0.3) is 0 Å². The molecule has 0 spiro atoms. The second kappa shape index (κ2) is 7.66. The first-order valence-corrected chi connectivity index (χ1v) is 8.98. The molecule has 0 fully saturated rings. The molecule has 0 radical (unpaired) electrons. The summed E-state index contributed by atoms with van der Waals surface area (Å²) >= 11 is 0. The number of hydrogen-bond acceptors (Lipinski definition) is 4. The first-order chi connectivity index (χ1) is 12.9. The van der Waals surface area contributed by atoms with Crippen LogP contribution in [-0.2, 0) is 4.79 Å². The van der Waals surface area contributed by atoms with Crippen LogP contribution in [-0.4, -0.2) is 17.5 Å². The molecule has 0 aliphatic carbocycles. The van der Waals surface area contributed by atoms with Gasteiger partial charge in [-0.2, -0.15) is 0 Å². The number of rotatable bonds is 5. The molecule has 140 valence electrons. The maximum Gasteiger partial charge on any atom is 0.248 e. The van der Waals surface area contributed by atoms with Gasteiger partial charge in [0.15, 0.2) is 0 Å². The molecule has 5 heteroatoms. The van der Waals surface area contributed by atoms with Crippen molar-refractivity contribution in [2.45, 2.75) is 34.6 Å². The van der Waals surface area contributed by atoms with Crippen LogP contribution in [0.2, 0.25) is 0 Å². The van der Waals surface area contributed by atoms with Crippen molar-refractivity contribution in [2.24, 2.45) is 0 Å². The van der Waals surface area contributed by atoms with Gasteiger partial charge in [-0.15, -0.1) is 0 Å². The molecular weight excluding hydrogens is 340 g/mol. The normalized spacial score (nSPS) is 11.7. The number of hydrogen-bond donors (Lipinski definition) is 1. The Morgan fingerprint density at radius 1 is 1.30 bits per heavy atom. The summed E-state index contributed by atoms with van der Waals surface area (Å²) in [4.78, 5) is 16.4. The van der Waals surface area contributed by atoms with Crippen molar-refractivity contribution >= 4 is 28.1 Å². The minimum atomic E-state index is -0.208. The number of fused-ring (bicyclic) bond motifs is 1. The molecule has 1 amide bonds. The Morgan fingerprint density at radius 2 is 2.07 bits per heavy atom. The number of pyridine rings is 1. The Hall–Kier alpha value is -3.08. The summed E-state index contributed by atoms with van der Waals surface area (Å²) < 4.78 is 11.8.